The van der Waals surface area contributed by atoms with Gasteiger partial charge in [-0.15, -0.1) is 0 Å². The molecule has 25 heavy (non-hydrogen) atoms. The zero-order valence-electron chi connectivity index (χ0n) is 13.7. The first-order valence-electron chi connectivity index (χ1n) is 8.17. The summed E-state index contributed by atoms with van der Waals surface area (Å²) < 4.78 is 35.8. The van der Waals surface area contributed by atoms with Crippen LogP contribution in [0.15, 0.2) is 53.4 Å². The summed E-state index contributed by atoms with van der Waals surface area (Å²) in [6, 6.07) is 12.8. The lowest BCUT2D eigenvalue weighted by molar-refractivity contribution is 0.215. The third-order valence-corrected chi connectivity index (χ3v) is 5.81. The predicted octanol–water partition coefficient (Wildman–Crippen LogP) is 3.49. The molecule has 1 aliphatic rings. The Labute approximate surface area is 153 Å². The summed E-state index contributed by atoms with van der Waals surface area (Å²) in [5.74, 6) is 1.30. The fourth-order valence-corrected chi connectivity index (χ4v) is 4.12. The quantitative estimate of drug-likeness (QED) is 0.776. The van der Waals surface area contributed by atoms with Gasteiger partial charge in [-0.05, 0) is 56.1 Å². The molecule has 2 aromatic rings. The molecule has 1 saturated heterocycles. The minimum atomic E-state index is -3.99. The molecule has 1 N–H and O–H groups in total. The smallest absolute Gasteiger partial charge is 0.340 e. The molecule has 3 rings (SSSR count). The monoisotopic (exact) mass is 381 g/mol. The first kappa shape index (κ1) is 18.0. The average molecular weight is 382 g/mol. The zero-order valence-corrected chi connectivity index (χ0v) is 15.2. The van der Waals surface area contributed by atoms with Crippen molar-refractivity contribution in [3.05, 3.63) is 53.6 Å². The third kappa shape index (κ3) is 4.87. The van der Waals surface area contributed by atoms with Crippen molar-refractivity contribution in [1.29, 1.82) is 0 Å². The maximum Gasteiger partial charge on any atom is 0.340 e. The SMILES string of the molecule is O=S(=O)(Oc1cccc(OCC2CCNCC2)c1)c1ccccc1Cl. The Kier molecular flexibility index (Phi) is 5.83. The molecule has 0 aliphatic carbocycles. The molecule has 7 heteroatoms. The van der Waals surface area contributed by atoms with E-state index in [2.05, 4.69) is 5.32 Å². The Hall–Kier alpha value is -1.76. The van der Waals surface area contributed by atoms with Gasteiger partial charge in [0.25, 0.3) is 0 Å². The van der Waals surface area contributed by atoms with Crippen molar-refractivity contribution >= 4 is 21.7 Å². The molecule has 1 heterocycles. The molecule has 0 aromatic heterocycles. The van der Waals surface area contributed by atoms with Crippen LogP contribution in [0.3, 0.4) is 0 Å². The minimum absolute atomic E-state index is 0.0577. The van der Waals surface area contributed by atoms with E-state index in [9.17, 15) is 8.42 Å². The van der Waals surface area contributed by atoms with Crippen LogP contribution >= 0.6 is 11.6 Å². The number of hydrogen-bond donors (Lipinski definition) is 1. The van der Waals surface area contributed by atoms with Gasteiger partial charge < -0.3 is 14.2 Å². The molecular weight excluding hydrogens is 362 g/mol. The second-order valence-electron chi connectivity index (χ2n) is 5.95. The Bertz CT molecular complexity index is 819. The van der Waals surface area contributed by atoms with E-state index < -0.39 is 10.1 Å². The predicted molar refractivity (Wildman–Crippen MR) is 96.8 cm³/mol. The number of rotatable bonds is 6. The van der Waals surface area contributed by atoms with Crippen LogP contribution in [0.5, 0.6) is 11.5 Å². The fourth-order valence-electron chi connectivity index (χ4n) is 2.70. The van der Waals surface area contributed by atoms with E-state index in [4.69, 9.17) is 20.5 Å². The third-order valence-electron chi connectivity index (χ3n) is 4.06. The summed E-state index contributed by atoms with van der Waals surface area (Å²) >= 11 is 5.95. The summed E-state index contributed by atoms with van der Waals surface area (Å²) in [5, 5.41) is 3.44. The Balaban J connectivity index is 1.68. The second kappa shape index (κ2) is 8.08. The molecular formula is C18H20ClNO4S. The van der Waals surface area contributed by atoms with Crippen LogP contribution in [0, 0.1) is 5.92 Å². The van der Waals surface area contributed by atoms with E-state index in [-0.39, 0.29) is 15.7 Å². The normalized spacial score (nSPS) is 15.7. The van der Waals surface area contributed by atoms with Crippen molar-refractivity contribution in [3.63, 3.8) is 0 Å². The van der Waals surface area contributed by atoms with Crippen LogP contribution < -0.4 is 14.2 Å². The van der Waals surface area contributed by atoms with E-state index >= 15 is 0 Å². The Morgan fingerprint density at radius 3 is 2.52 bits per heavy atom. The topological polar surface area (TPSA) is 64.6 Å². The van der Waals surface area contributed by atoms with Gasteiger partial charge in [-0.2, -0.15) is 8.42 Å². The van der Waals surface area contributed by atoms with Gasteiger partial charge in [0.1, 0.15) is 16.4 Å². The molecule has 1 aliphatic heterocycles. The number of hydrogen-bond acceptors (Lipinski definition) is 5. The van der Waals surface area contributed by atoms with Gasteiger partial charge in [0.05, 0.1) is 11.6 Å². The van der Waals surface area contributed by atoms with E-state index in [0.717, 1.165) is 25.9 Å². The Morgan fingerprint density at radius 2 is 1.76 bits per heavy atom. The highest BCUT2D eigenvalue weighted by atomic mass is 35.5. The molecule has 0 spiro atoms. The van der Waals surface area contributed by atoms with Gasteiger partial charge in [0.15, 0.2) is 0 Å². The van der Waals surface area contributed by atoms with Crippen LogP contribution in [-0.4, -0.2) is 28.1 Å². The maximum atomic E-state index is 12.4. The molecule has 0 radical (unpaired) electrons. The van der Waals surface area contributed by atoms with Gasteiger partial charge in [-0.25, -0.2) is 0 Å². The maximum absolute atomic E-state index is 12.4. The van der Waals surface area contributed by atoms with Crippen LogP contribution in [0.4, 0.5) is 0 Å². The second-order valence-corrected chi connectivity index (χ2v) is 7.87. The summed E-state index contributed by atoms with van der Waals surface area (Å²) in [5.41, 5.74) is 0. The molecule has 1 fully saturated rings. The molecule has 0 unspecified atom stereocenters. The molecule has 134 valence electrons. The molecule has 0 amide bonds. The van der Waals surface area contributed by atoms with Crippen molar-refractivity contribution in [3.8, 4) is 11.5 Å². The summed E-state index contributed by atoms with van der Waals surface area (Å²) in [7, 11) is -3.99. The molecule has 0 saturated carbocycles. The molecule has 2 aromatic carbocycles. The summed E-state index contributed by atoms with van der Waals surface area (Å²) in [6.45, 7) is 2.63. The van der Waals surface area contributed by atoms with Crippen LogP contribution in [0.1, 0.15) is 12.8 Å². The van der Waals surface area contributed by atoms with Crippen LogP contribution in [0.2, 0.25) is 5.02 Å². The first-order chi connectivity index (χ1) is 12.0. The fraction of sp³-hybridized carbons (Fsp3) is 0.333. The van der Waals surface area contributed by atoms with Gasteiger partial charge in [0.2, 0.25) is 0 Å². The zero-order chi connectivity index (χ0) is 17.7. The largest absolute Gasteiger partial charge is 0.493 e. The van der Waals surface area contributed by atoms with Crippen LogP contribution in [-0.2, 0) is 10.1 Å². The van der Waals surface area contributed by atoms with Gasteiger partial charge in [-0.1, -0.05) is 29.8 Å². The van der Waals surface area contributed by atoms with Crippen molar-refractivity contribution in [2.24, 2.45) is 5.92 Å². The van der Waals surface area contributed by atoms with E-state index in [1.54, 1.807) is 36.4 Å². The van der Waals surface area contributed by atoms with Crippen molar-refractivity contribution < 1.29 is 17.3 Å². The first-order valence-corrected chi connectivity index (χ1v) is 9.96. The number of ether oxygens (including phenoxy) is 1. The number of halogens is 1. The molecule has 0 atom stereocenters. The standard InChI is InChI=1S/C18H20ClNO4S/c19-17-6-1-2-7-18(17)25(21,22)24-16-5-3-4-15(12-16)23-13-14-8-10-20-11-9-14/h1-7,12,14,20H,8-11,13H2. The highest BCUT2D eigenvalue weighted by Gasteiger charge is 2.20. The lowest BCUT2D eigenvalue weighted by Crippen LogP contribution is -2.30. The molecule has 0 bridgehead atoms. The minimum Gasteiger partial charge on any atom is -0.493 e. The van der Waals surface area contributed by atoms with E-state index in [0.29, 0.717) is 18.3 Å². The average Bonchev–Trinajstić information content (AvgIpc) is 2.61. The highest BCUT2D eigenvalue weighted by molar-refractivity contribution is 7.87. The lowest BCUT2D eigenvalue weighted by atomic mass is 9.99. The van der Waals surface area contributed by atoms with Gasteiger partial charge in [0, 0.05) is 6.07 Å². The van der Waals surface area contributed by atoms with Gasteiger partial charge in [-0.3, -0.25) is 0 Å². The van der Waals surface area contributed by atoms with Crippen molar-refractivity contribution in [1.82, 2.24) is 5.32 Å². The van der Waals surface area contributed by atoms with Crippen molar-refractivity contribution in [2.45, 2.75) is 17.7 Å². The van der Waals surface area contributed by atoms with Crippen molar-refractivity contribution in [2.75, 3.05) is 19.7 Å². The van der Waals surface area contributed by atoms with Crippen LogP contribution in [0.25, 0.3) is 0 Å². The number of nitrogens with one attached hydrogen (secondary N) is 1. The number of benzene rings is 2. The lowest BCUT2D eigenvalue weighted by Gasteiger charge is -2.22. The number of piperidine rings is 1. The Morgan fingerprint density at radius 1 is 1.04 bits per heavy atom. The van der Waals surface area contributed by atoms with E-state index in [1.807, 2.05) is 0 Å². The highest BCUT2D eigenvalue weighted by Crippen LogP contribution is 2.27. The van der Waals surface area contributed by atoms with E-state index in [1.165, 1.54) is 12.1 Å². The summed E-state index contributed by atoms with van der Waals surface area (Å²) in [6.07, 6.45) is 2.16. The van der Waals surface area contributed by atoms with Gasteiger partial charge >= 0.3 is 10.1 Å². The summed E-state index contributed by atoms with van der Waals surface area (Å²) in [4.78, 5) is -0.0577. The molecule has 5 nitrogen and oxygen atoms in total.